The molecule has 0 atom stereocenters. The van der Waals surface area contributed by atoms with E-state index in [1.807, 2.05) is 0 Å². The number of sulfonamides is 1. The van der Waals surface area contributed by atoms with Crippen LogP contribution in [0, 0.1) is 5.92 Å². The van der Waals surface area contributed by atoms with Crippen molar-refractivity contribution < 1.29 is 23.1 Å². The van der Waals surface area contributed by atoms with E-state index in [0.717, 1.165) is 6.07 Å². The Hall–Kier alpha value is -1.93. The maximum Gasteiger partial charge on any atom is 0.243 e. The van der Waals surface area contributed by atoms with Crippen molar-refractivity contribution in [1.29, 1.82) is 0 Å². The van der Waals surface area contributed by atoms with E-state index in [1.54, 1.807) is 0 Å². The molecule has 1 heterocycles. The van der Waals surface area contributed by atoms with Crippen LogP contribution in [-0.4, -0.2) is 37.7 Å². The summed E-state index contributed by atoms with van der Waals surface area (Å²) in [5.74, 6) is -2.17. The first-order chi connectivity index (χ1) is 9.82. The zero-order valence-electron chi connectivity index (χ0n) is 11.2. The van der Waals surface area contributed by atoms with Crippen LogP contribution in [0.1, 0.15) is 23.2 Å². The van der Waals surface area contributed by atoms with Crippen LogP contribution in [0.3, 0.4) is 0 Å². The van der Waals surface area contributed by atoms with E-state index >= 15 is 0 Å². The summed E-state index contributed by atoms with van der Waals surface area (Å²) in [7, 11) is -3.78. The lowest BCUT2D eigenvalue weighted by Crippen LogP contribution is -2.41. The number of primary amides is 1. The second-order valence-corrected chi connectivity index (χ2v) is 6.83. The van der Waals surface area contributed by atoms with Gasteiger partial charge >= 0.3 is 0 Å². The van der Waals surface area contributed by atoms with Gasteiger partial charge in [0.2, 0.25) is 15.9 Å². The Labute approximate surface area is 122 Å². The number of carbonyl (C=O) groups is 2. The highest BCUT2D eigenvalue weighted by Crippen LogP contribution is 2.24. The third kappa shape index (κ3) is 3.22. The van der Waals surface area contributed by atoms with E-state index in [0.29, 0.717) is 12.8 Å². The van der Waals surface area contributed by atoms with Crippen LogP contribution in [0.25, 0.3) is 0 Å². The molecule has 21 heavy (non-hydrogen) atoms. The van der Waals surface area contributed by atoms with Gasteiger partial charge in [0.05, 0.1) is 10.9 Å². The van der Waals surface area contributed by atoms with E-state index < -0.39 is 21.9 Å². The van der Waals surface area contributed by atoms with Crippen LogP contribution >= 0.6 is 0 Å². The number of nitrogens with zero attached hydrogens (tertiary/aromatic N) is 1. The molecule has 1 aliphatic rings. The van der Waals surface area contributed by atoms with Gasteiger partial charge in [0.15, 0.2) is 0 Å². The van der Waals surface area contributed by atoms with Crippen molar-refractivity contribution in [2.45, 2.75) is 17.7 Å². The van der Waals surface area contributed by atoms with E-state index in [-0.39, 0.29) is 29.5 Å². The number of hydrogen-bond acceptors (Lipinski definition) is 5. The van der Waals surface area contributed by atoms with Crippen molar-refractivity contribution >= 4 is 21.9 Å². The van der Waals surface area contributed by atoms with Crippen LogP contribution in [0.5, 0.6) is 0 Å². The molecule has 1 fully saturated rings. The predicted molar refractivity (Wildman–Crippen MR) is 71.4 cm³/mol. The average Bonchev–Trinajstić information content (AvgIpc) is 2.47. The van der Waals surface area contributed by atoms with Crippen molar-refractivity contribution in [1.82, 2.24) is 4.31 Å². The maximum atomic E-state index is 12.4. The smallest absolute Gasteiger partial charge is 0.243 e. The average molecular weight is 311 g/mol. The van der Waals surface area contributed by atoms with Gasteiger partial charge in [-0.25, -0.2) is 8.42 Å². The van der Waals surface area contributed by atoms with Gasteiger partial charge in [-0.3, -0.25) is 4.79 Å². The highest BCUT2D eigenvalue weighted by molar-refractivity contribution is 7.89. The first kappa shape index (κ1) is 15.5. The normalized spacial score (nSPS) is 17.5. The topological polar surface area (TPSA) is 121 Å². The maximum absolute atomic E-state index is 12.4. The number of nitrogens with two attached hydrogens (primary N) is 1. The van der Waals surface area contributed by atoms with Crippen molar-refractivity contribution in [3.63, 3.8) is 0 Å². The molecule has 0 unspecified atom stereocenters. The van der Waals surface area contributed by atoms with Gasteiger partial charge in [-0.15, -0.1) is 0 Å². The fraction of sp³-hybridized carbons (Fsp3) is 0.385. The highest BCUT2D eigenvalue weighted by Gasteiger charge is 2.31. The summed E-state index contributed by atoms with van der Waals surface area (Å²) in [5.41, 5.74) is 5.02. The Morgan fingerprint density at radius 3 is 2.38 bits per heavy atom. The number of aromatic carboxylic acids is 1. The van der Waals surface area contributed by atoms with Crippen LogP contribution in [0.4, 0.5) is 0 Å². The minimum Gasteiger partial charge on any atom is -0.545 e. The lowest BCUT2D eigenvalue weighted by Gasteiger charge is -2.29. The Kier molecular flexibility index (Phi) is 4.29. The summed E-state index contributed by atoms with van der Waals surface area (Å²) < 4.78 is 26.1. The summed E-state index contributed by atoms with van der Waals surface area (Å²) in [4.78, 5) is 21.8. The molecule has 1 aromatic carbocycles. The second-order valence-electron chi connectivity index (χ2n) is 4.90. The largest absolute Gasteiger partial charge is 0.545 e. The monoisotopic (exact) mass is 311 g/mol. The summed E-state index contributed by atoms with van der Waals surface area (Å²) in [5, 5.41) is 10.8. The van der Waals surface area contributed by atoms with E-state index in [9.17, 15) is 23.1 Å². The molecule has 1 aromatic rings. The highest BCUT2D eigenvalue weighted by atomic mass is 32.2. The summed E-state index contributed by atoms with van der Waals surface area (Å²) in [6.07, 6.45) is 0.740. The molecule has 0 aromatic heterocycles. The van der Waals surface area contributed by atoms with Crippen molar-refractivity contribution in [2.75, 3.05) is 13.1 Å². The lowest BCUT2D eigenvalue weighted by atomic mass is 9.98. The van der Waals surface area contributed by atoms with Gasteiger partial charge in [0, 0.05) is 19.0 Å². The molecule has 2 rings (SSSR count). The van der Waals surface area contributed by atoms with Gasteiger partial charge in [-0.2, -0.15) is 4.31 Å². The van der Waals surface area contributed by atoms with Gasteiger partial charge in [-0.1, -0.05) is 12.1 Å². The molecular weight excluding hydrogens is 296 g/mol. The van der Waals surface area contributed by atoms with Crippen LogP contribution in [0.15, 0.2) is 29.2 Å². The van der Waals surface area contributed by atoms with Gasteiger partial charge in [0.1, 0.15) is 0 Å². The van der Waals surface area contributed by atoms with Crippen LogP contribution in [-0.2, 0) is 14.8 Å². The number of benzene rings is 1. The first-order valence-electron chi connectivity index (χ1n) is 6.43. The molecule has 1 amide bonds. The summed E-state index contributed by atoms with van der Waals surface area (Å²) >= 11 is 0. The number of amides is 1. The minimum atomic E-state index is -3.78. The Balaban J connectivity index is 2.21. The van der Waals surface area contributed by atoms with E-state index in [2.05, 4.69) is 0 Å². The molecule has 0 spiro atoms. The Bertz CT molecular complexity index is 663. The fourth-order valence-electron chi connectivity index (χ4n) is 2.31. The zero-order chi connectivity index (χ0) is 15.6. The number of carbonyl (C=O) groups excluding carboxylic acids is 2. The summed E-state index contributed by atoms with van der Waals surface area (Å²) in [6.45, 7) is 0.372. The van der Waals surface area contributed by atoms with Gasteiger partial charge in [0.25, 0.3) is 0 Å². The molecule has 0 radical (unpaired) electrons. The number of carboxylic acids is 1. The Morgan fingerprint density at radius 2 is 1.86 bits per heavy atom. The quantitative estimate of drug-likeness (QED) is 0.759. The third-order valence-electron chi connectivity index (χ3n) is 3.56. The molecule has 7 nitrogen and oxygen atoms in total. The summed E-state index contributed by atoms with van der Waals surface area (Å²) in [6, 6.07) is 5.04. The molecule has 0 bridgehead atoms. The first-order valence-corrected chi connectivity index (χ1v) is 7.87. The molecular formula is C13H15N2O5S-. The van der Waals surface area contributed by atoms with Crippen molar-refractivity contribution in [2.24, 2.45) is 11.7 Å². The SMILES string of the molecule is NC(=O)C1CCN(S(=O)(=O)c2cccc(C(=O)[O-])c2)CC1. The van der Waals surface area contributed by atoms with Gasteiger partial charge < -0.3 is 15.6 Å². The molecule has 114 valence electrons. The predicted octanol–water partition coefficient (Wildman–Crippen LogP) is -1.06. The molecule has 1 saturated heterocycles. The van der Waals surface area contributed by atoms with Crippen molar-refractivity contribution in [3.05, 3.63) is 29.8 Å². The molecule has 1 aliphatic heterocycles. The molecule has 8 heteroatoms. The number of piperidine rings is 1. The lowest BCUT2D eigenvalue weighted by molar-refractivity contribution is -0.255. The van der Waals surface area contributed by atoms with Crippen molar-refractivity contribution in [3.8, 4) is 0 Å². The molecule has 2 N–H and O–H groups in total. The van der Waals surface area contributed by atoms with Gasteiger partial charge in [-0.05, 0) is 30.5 Å². The molecule has 0 saturated carbocycles. The van der Waals surface area contributed by atoms with Crippen LogP contribution in [0.2, 0.25) is 0 Å². The fourth-order valence-corrected chi connectivity index (χ4v) is 3.83. The van der Waals surface area contributed by atoms with E-state index in [4.69, 9.17) is 5.73 Å². The molecule has 0 aliphatic carbocycles. The second kappa shape index (κ2) is 5.82. The minimum absolute atomic E-state index is 0.0956. The van der Waals surface area contributed by atoms with Crippen LogP contribution < -0.4 is 10.8 Å². The Morgan fingerprint density at radius 1 is 1.24 bits per heavy atom. The van der Waals surface area contributed by atoms with E-state index in [1.165, 1.54) is 22.5 Å². The third-order valence-corrected chi connectivity index (χ3v) is 5.46. The standard InChI is InChI=1S/C13H16N2O5S/c14-12(16)9-4-6-15(7-5-9)21(19,20)11-3-1-2-10(8-11)13(17)18/h1-3,8-9H,4-7H2,(H2,14,16)(H,17,18)/p-1. The number of rotatable bonds is 4. The number of hydrogen-bond donors (Lipinski definition) is 1. The zero-order valence-corrected chi connectivity index (χ0v) is 12.0. The number of carboxylic acid groups (broad SMARTS) is 1.